The van der Waals surface area contributed by atoms with E-state index in [4.69, 9.17) is 4.74 Å². The number of H-pyrrole nitrogens is 1. The van der Waals surface area contributed by atoms with Crippen LogP contribution in [0.2, 0.25) is 0 Å². The van der Waals surface area contributed by atoms with Gasteiger partial charge in [0.25, 0.3) is 11.5 Å². The Labute approximate surface area is 114 Å². The SMILES string of the molecule is COc1cc(CNC(=O)c2ccc(=O)[nH]n2)ccc1O. The molecule has 1 aromatic heterocycles. The van der Waals surface area contributed by atoms with Crippen LogP contribution in [-0.2, 0) is 6.54 Å². The van der Waals surface area contributed by atoms with Gasteiger partial charge in [0.15, 0.2) is 11.5 Å². The molecule has 20 heavy (non-hydrogen) atoms. The summed E-state index contributed by atoms with van der Waals surface area (Å²) in [5.41, 5.74) is 0.512. The third-order valence-electron chi connectivity index (χ3n) is 2.61. The van der Waals surface area contributed by atoms with Gasteiger partial charge in [-0.2, -0.15) is 5.10 Å². The summed E-state index contributed by atoms with van der Waals surface area (Å²) < 4.78 is 4.98. The molecule has 1 heterocycles. The summed E-state index contributed by atoms with van der Waals surface area (Å²) in [5.74, 6) is -0.0444. The maximum atomic E-state index is 11.8. The van der Waals surface area contributed by atoms with E-state index in [0.717, 1.165) is 5.56 Å². The lowest BCUT2D eigenvalue weighted by Gasteiger charge is -2.07. The van der Waals surface area contributed by atoms with Gasteiger partial charge in [-0.15, -0.1) is 0 Å². The van der Waals surface area contributed by atoms with Crippen LogP contribution in [-0.4, -0.2) is 28.3 Å². The molecule has 3 N–H and O–H groups in total. The second kappa shape index (κ2) is 5.87. The topological polar surface area (TPSA) is 104 Å². The van der Waals surface area contributed by atoms with Crippen LogP contribution < -0.4 is 15.6 Å². The van der Waals surface area contributed by atoms with Crippen LogP contribution in [0.4, 0.5) is 0 Å². The predicted molar refractivity (Wildman–Crippen MR) is 70.7 cm³/mol. The van der Waals surface area contributed by atoms with Crippen molar-refractivity contribution in [1.29, 1.82) is 0 Å². The summed E-state index contributed by atoms with van der Waals surface area (Å²) >= 11 is 0. The highest BCUT2D eigenvalue weighted by Crippen LogP contribution is 2.26. The molecule has 0 aliphatic rings. The normalized spacial score (nSPS) is 10.1. The first-order chi connectivity index (χ1) is 9.60. The first-order valence-corrected chi connectivity index (χ1v) is 5.80. The lowest BCUT2D eigenvalue weighted by atomic mass is 10.2. The van der Waals surface area contributed by atoms with Crippen LogP contribution >= 0.6 is 0 Å². The molecule has 2 rings (SSSR count). The number of methoxy groups -OCH3 is 1. The monoisotopic (exact) mass is 275 g/mol. The first kappa shape index (κ1) is 13.6. The molecular weight excluding hydrogens is 262 g/mol. The van der Waals surface area contributed by atoms with Crippen molar-refractivity contribution in [2.75, 3.05) is 7.11 Å². The van der Waals surface area contributed by atoms with Gasteiger partial charge < -0.3 is 15.2 Å². The molecule has 0 saturated carbocycles. The number of ether oxygens (including phenoxy) is 1. The minimum atomic E-state index is -0.409. The van der Waals surface area contributed by atoms with Crippen molar-refractivity contribution in [3.63, 3.8) is 0 Å². The van der Waals surface area contributed by atoms with Crippen LogP contribution in [0.15, 0.2) is 35.1 Å². The number of hydrogen-bond donors (Lipinski definition) is 3. The van der Waals surface area contributed by atoms with Gasteiger partial charge in [-0.3, -0.25) is 9.59 Å². The fraction of sp³-hybridized carbons (Fsp3) is 0.154. The number of benzene rings is 1. The third-order valence-corrected chi connectivity index (χ3v) is 2.61. The van der Waals surface area contributed by atoms with Gasteiger partial charge in [-0.05, 0) is 23.8 Å². The number of aromatic nitrogens is 2. The molecule has 0 aliphatic carbocycles. The zero-order chi connectivity index (χ0) is 14.5. The second-order valence-electron chi connectivity index (χ2n) is 4.00. The summed E-state index contributed by atoms with van der Waals surface area (Å²) in [7, 11) is 1.45. The van der Waals surface area contributed by atoms with Gasteiger partial charge in [-0.1, -0.05) is 6.07 Å². The van der Waals surface area contributed by atoms with E-state index in [0.29, 0.717) is 5.75 Å². The maximum Gasteiger partial charge on any atom is 0.271 e. The molecule has 0 radical (unpaired) electrons. The van der Waals surface area contributed by atoms with Crippen molar-refractivity contribution in [3.8, 4) is 11.5 Å². The Morgan fingerprint density at radius 1 is 1.40 bits per heavy atom. The molecule has 0 unspecified atom stereocenters. The summed E-state index contributed by atoms with van der Waals surface area (Å²) in [5, 5.41) is 17.9. The number of carbonyl (C=O) groups excluding carboxylic acids is 1. The van der Waals surface area contributed by atoms with E-state index in [1.54, 1.807) is 12.1 Å². The number of phenols is 1. The fourth-order valence-corrected chi connectivity index (χ4v) is 1.58. The number of phenolic OH excluding ortho intramolecular Hbond substituents is 1. The average Bonchev–Trinajstić information content (AvgIpc) is 2.46. The molecule has 0 atom stereocenters. The summed E-state index contributed by atoms with van der Waals surface area (Å²) in [6, 6.07) is 7.34. The molecule has 7 heteroatoms. The number of aromatic amines is 1. The molecule has 0 aliphatic heterocycles. The van der Waals surface area contributed by atoms with Gasteiger partial charge in [0.05, 0.1) is 7.11 Å². The standard InChI is InChI=1S/C13H13N3O4/c1-20-11-6-8(2-4-10(11)17)7-14-13(19)9-3-5-12(18)16-15-9/h2-6,17H,7H2,1H3,(H,14,19)(H,16,18). The molecule has 0 bridgehead atoms. The second-order valence-corrected chi connectivity index (χ2v) is 4.00. The Morgan fingerprint density at radius 3 is 2.85 bits per heavy atom. The van der Waals surface area contributed by atoms with Crippen LogP contribution in [0.3, 0.4) is 0 Å². The largest absolute Gasteiger partial charge is 0.504 e. The van der Waals surface area contributed by atoms with Crippen molar-refractivity contribution in [2.45, 2.75) is 6.54 Å². The van der Waals surface area contributed by atoms with E-state index in [2.05, 4.69) is 15.5 Å². The quantitative estimate of drug-likeness (QED) is 0.750. The van der Waals surface area contributed by atoms with Gasteiger partial charge in [0.2, 0.25) is 0 Å². The Balaban J connectivity index is 2.03. The average molecular weight is 275 g/mol. The van der Waals surface area contributed by atoms with Gasteiger partial charge in [0, 0.05) is 12.6 Å². The number of carbonyl (C=O) groups is 1. The van der Waals surface area contributed by atoms with Crippen molar-refractivity contribution >= 4 is 5.91 Å². The van der Waals surface area contributed by atoms with E-state index in [9.17, 15) is 14.7 Å². The van der Waals surface area contributed by atoms with E-state index in [-0.39, 0.29) is 23.5 Å². The van der Waals surface area contributed by atoms with Crippen molar-refractivity contribution in [1.82, 2.24) is 15.5 Å². The Bertz CT molecular complexity index is 661. The molecule has 0 spiro atoms. The lowest BCUT2D eigenvalue weighted by molar-refractivity contribution is 0.0944. The molecule has 1 amide bonds. The highest BCUT2D eigenvalue weighted by atomic mass is 16.5. The van der Waals surface area contributed by atoms with Crippen molar-refractivity contribution in [3.05, 3.63) is 51.9 Å². The zero-order valence-corrected chi connectivity index (χ0v) is 10.7. The minimum absolute atomic E-state index is 0.0323. The Kier molecular flexibility index (Phi) is 3.99. The number of rotatable bonds is 4. The smallest absolute Gasteiger partial charge is 0.271 e. The number of nitrogens with one attached hydrogen (secondary N) is 2. The van der Waals surface area contributed by atoms with E-state index in [1.807, 2.05) is 0 Å². The van der Waals surface area contributed by atoms with Crippen LogP contribution in [0.1, 0.15) is 16.1 Å². The predicted octanol–water partition coefficient (Wildman–Crippen LogP) is 0.414. The van der Waals surface area contributed by atoms with Gasteiger partial charge >= 0.3 is 0 Å². The van der Waals surface area contributed by atoms with E-state index >= 15 is 0 Å². The zero-order valence-electron chi connectivity index (χ0n) is 10.7. The third kappa shape index (κ3) is 3.14. The summed E-state index contributed by atoms with van der Waals surface area (Å²) in [6.07, 6.45) is 0. The number of nitrogens with zero attached hydrogens (tertiary/aromatic N) is 1. The molecule has 2 aromatic rings. The van der Waals surface area contributed by atoms with E-state index < -0.39 is 5.91 Å². The maximum absolute atomic E-state index is 11.8. The number of amides is 1. The molecule has 7 nitrogen and oxygen atoms in total. The van der Waals surface area contributed by atoms with Gasteiger partial charge in [-0.25, -0.2) is 5.10 Å². The van der Waals surface area contributed by atoms with Gasteiger partial charge in [0.1, 0.15) is 5.69 Å². The van der Waals surface area contributed by atoms with Crippen molar-refractivity contribution in [2.24, 2.45) is 0 Å². The molecule has 0 fully saturated rings. The molecule has 0 saturated heterocycles. The lowest BCUT2D eigenvalue weighted by Crippen LogP contribution is -2.25. The molecule has 104 valence electrons. The highest BCUT2D eigenvalue weighted by molar-refractivity contribution is 5.91. The van der Waals surface area contributed by atoms with Crippen LogP contribution in [0.5, 0.6) is 11.5 Å². The van der Waals surface area contributed by atoms with Crippen LogP contribution in [0, 0.1) is 0 Å². The molecular formula is C13H13N3O4. The Hall–Kier alpha value is -2.83. The Morgan fingerprint density at radius 2 is 2.20 bits per heavy atom. The molecule has 1 aromatic carbocycles. The fourth-order valence-electron chi connectivity index (χ4n) is 1.58. The first-order valence-electron chi connectivity index (χ1n) is 5.80. The number of hydrogen-bond acceptors (Lipinski definition) is 5. The van der Waals surface area contributed by atoms with Crippen LogP contribution in [0.25, 0.3) is 0 Å². The van der Waals surface area contributed by atoms with E-state index in [1.165, 1.54) is 25.3 Å². The van der Waals surface area contributed by atoms with Crippen molar-refractivity contribution < 1.29 is 14.6 Å². The summed E-state index contributed by atoms with van der Waals surface area (Å²) in [4.78, 5) is 22.6. The number of aromatic hydroxyl groups is 1. The highest BCUT2D eigenvalue weighted by Gasteiger charge is 2.08. The minimum Gasteiger partial charge on any atom is -0.504 e. The summed E-state index contributed by atoms with van der Waals surface area (Å²) in [6.45, 7) is 0.246.